The topological polar surface area (TPSA) is 29.5 Å². The molecular formula is C19H29NO2. The van der Waals surface area contributed by atoms with Crippen molar-refractivity contribution in [2.45, 2.75) is 58.6 Å². The van der Waals surface area contributed by atoms with Gasteiger partial charge in [0.05, 0.1) is 18.2 Å². The Balaban J connectivity index is 2.14. The van der Waals surface area contributed by atoms with Crippen molar-refractivity contribution in [2.75, 3.05) is 13.2 Å². The molecule has 0 spiro atoms. The van der Waals surface area contributed by atoms with Crippen LogP contribution in [0.5, 0.6) is 0 Å². The maximum absolute atomic E-state index is 12.9. The molecular weight excluding hydrogens is 274 g/mol. The SMILES string of the molecule is CC1CN(C(=O)CC(c2ccccc2)C(C)C)C(C)(C)CO1. The predicted molar refractivity (Wildman–Crippen MR) is 89.8 cm³/mol. The fourth-order valence-corrected chi connectivity index (χ4v) is 3.16. The van der Waals surface area contributed by atoms with Gasteiger partial charge in [0.15, 0.2) is 0 Å². The summed E-state index contributed by atoms with van der Waals surface area (Å²) in [5.74, 6) is 0.943. The van der Waals surface area contributed by atoms with Crippen molar-refractivity contribution in [3.8, 4) is 0 Å². The molecule has 1 aliphatic rings. The lowest BCUT2D eigenvalue weighted by molar-refractivity contribution is -0.153. The second-order valence-electron chi connectivity index (χ2n) is 7.40. The minimum Gasteiger partial charge on any atom is -0.374 e. The van der Waals surface area contributed by atoms with Crippen LogP contribution in [0.2, 0.25) is 0 Å². The van der Waals surface area contributed by atoms with Crippen molar-refractivity contribution in [1.82, 2.24) is 4.90 Å². The van der Waals surface area contributed by atoms with E-state index >= 15 is 0 Å². The van der Waals surface area contributed by atoms with Gasteiger partial charge >= 0.3 is 0 Å². The summed E-state index contributed by atoms with van der Waals surface area (Å²) >= 11 is 0. The summed E-state index contributed by atoms with van der Waals surface area (Å²) in [6, 6.07) is 10.4. The summed E-state index contributed by atoms with van der Waals surface area (Å²) in [5.41, 5.74) is 1.03. The van der Waals surface area contributed by atoms with Crippen molar-refractivity contribution in [2.24, 2.45) is 5.92 Å². The largest absolute Gasteiger partial charge is 0.374 e. The van der Waals surface area contributed by atoms with Crippen LogP contribution >= 0.6 is 0 Å². The van der Waals surface area contributed by atoms with Gasteiger partial charge in [-0.3, -0.25) is 4.79 Å². The number of carbonyl (C=O) groups excluding carboxylic acids is 1. The Hall–Kier alpha value is -1.35. The molecule has 1 amide bonds. The molecule has 1 fully saturated rings. The van der Waals surface area contributed by atoms with Crippen LogP contribution in [-0.2, 0) is 9.53 Å². The normalized spacial score (nSPS) is 22.6. The summed E-state index contributed by atoms with van der Waals surface area (Å²) in [4.78, 5) is 14.9. The highest BCUT2D eigenvalue weighted by molar-refractivity contribution is 5.78. The van der Waals surface area contributed by atoms with E-state index in [0.29, 0.717) is 25.5 Å². The van der Waals surface area contributed by atoms with Gasteiger partial charge < -0.3 is 9.64 Å². The van der Waals surface area contributed by atoms with Crippen LogP contribution in [0.25, 0.3) is 0 Å². The maximum Gasteiger partial charge on any atom is 0.223 e. The Morgan fingerprint density at radius 1 is 1.32 bits per heavy atom. The number of morpholine rings is 1. The van der Waals surface area contributed by atoms with Crippen LogP contribution in [0.4, 0.5) is 0 Å². The number of nitrogens with zero attached hydrogens (tertiary/aromatic N) is 1. The Labute approximate surface area is 134 Å². The molecule has 22 heavy (non-hydrogen) atoms. The number of ether oxygens (including phenoxy) is 1. The lowest BCUT2D eigenvalue weighted by Gasteiger charge is -2.45. The van der Waals surface area contributed by atoms with E-state index in [1.807, 2.05) is 17.9 Å². The molecule has 2 atom stereocenters. The first-order chi connectivity index (χ1) is 10.3. The summed E-state index contributed by atoms with van der Waals surface area (Å²) in [5, 5.41) is 0. The Bertz CT molecular complexity index is 495. The quantitative estimate of drug-likeness (QED) is 0.845. The third-order valence-corrected chi connectivity index (χ3v) is 4.62. The monoisotopic (exact) mass is 303 g/mol. The van der Waals surface area contributed by atoms with Crippen molar-refractivity contribution >= 4 is 5.91 Å². The van der Waals surface area contributed by atoms with E-state index in [9.17, 15) is 4.79 Å². The standard InChI is InChI=1S/C19H29NO2/c1-14(2)17(16-9-7-6-8-10-16)11-18(21)20-12-15(3)22-13-19(20,4)5/h6-10,14-15,17H,11-13H2,1-5H3. The predicted octanol–water partition coefficient (Wildman–Crippen LogP) is 3.84. The van der Waals surface area contributed by atoms with Gasteiger partial charge in [-0.15, -0.1) is 0 Å². The molecule has 0 N–H and O–H groups in total. The van der Waals surface area contributed by atoms with Crippen molar-refractivity contribution in [3.05, 3.63) is 35.9 Å². The van der Waals surface area contributed by atoms with Gasteiger partial charge in [0.1, 0.15) is 0 Å². The van der Waals surface area contributed by atoms with Gasteiger partial charge in [-0.05, 0) is 38.2 Å². The van der Waals surface area contributed by atoms with E-state index < -0.39 is 0 Å². The molecule has 2 unspecified atom stereocenters. The van der Waals surface area contributed by atoms with Crippen molar-refractivity contribution < 1.29 is 9.53 Å². The van der Waals surface area contributed by atoms with Crippen molar-refractivity contribution in [3.63, 3.8) is 0 Å². The fourth-order valence-electron chi connectivity index (χ4n) is 3.16. The average Bonchev–Trinajstić information content (AvgIpc) is 2.47. The average molecular weight is 303 g/mol. The Morgan fingerprint density at radius 3 is 2.55 bits per heavy atom. The van der Waals surface area contributed by atoms with E-state index in [1.165, 1.54) is 5.56 Å². The molecule has 122 valence electrons. The molecule has 1 saturated heterocycles. The van der Waals surface area contributed by atoms with E-state index in [4.69, 9.17) is 4.74 Å². The van der Waals surface area contributed by atoms with Gasteiger partial charge in [-0.2, -0.15) is 0 Å². The molecule has 1 aromatic carbocycles. The van der Waals surface area contributed by atoms with Gasteiger partial charge in [0.25, 0.3) is 0 Å². The summed E-state index contributed by atoms with van der Waals surface area (Å²) in [6.07, 6.45) is 0.684. The number of benzene rings is 1. The first kappa shape index (κ1) is 17.0. The third kappa shape index (κ3) is 3.89. The molecule has 0 saturated carbocycles. The van der Waals surface area contributed by atoms with Crippen LogP contribution < -0.4 is 0 Å². The molecule has 0 bridgehead atoms. The number of hydrogen-bond acceptors (Lipinski definition) is 2. The second-order valence-corrected chi connectivity index (χ2v) is 7.40. The van der Waals surface area contributed by atoms with Gasteiger partial charge in [-0.1, -0.05) is 44.2 Å². The maximum atomic E-state index is 12.9. The van der Waals surface area contributed by atoms with Crippen LogP contribution in [0.15, 0.2) is 30.3 Å². The van der Waals surface area contributed by atoms with Crippen LogP contribution in [0.1, 0.15) is 52.5 Å². The van der Waals surface area contributed by atoms with Gasteiger partial charge in [0, 0.05) is 13.0 Å². The van der Waals surface area contributed by atoms with Gasteiger partial charge in [0.2, 0.25) is 5.91 Å². The highest BCUT2D eigenvalue weighted by Gasteiger charge is 2.37. The first-order valence-corrected chi connectivity index (χ1v) is 8.28. The minimum atomic E-state index is -0.220. The molecule has 1 heterocycles. The lowest BCUT2D eigenvalue weighted by Crippen LogP contribution is -2.58. The highest BCUT2D eigenvalue weighted by atomic mass is 16.5. The molecule has 3 heteroatoms. The highest BCUT2D eigenvalue weighted by Crippen LogP contribution is 2.31. The number of rotatable bonds is 4. The Morgan fingerprint density at radius 2 is 1.95 bits per heavy atom. The van der Waals surface area contributed by atoms with E-state index in [-0.39, 0.29) is 23.5 Å². The summed E-state index contributed by atoms with van der Waals surface area (Å²) < 4.78 is 5.72. The summed E-state index contributed by atoms with van der Waals surface area (Å²) in [6.45, 7) is 11.9. The van der Waals surface area contributed by atoms with Crippen molar-refractivity contribution in [1.29, 1.82) is 0 Å². The third-order valence-electron chi connectivity index (χ3n) is 4.62. The lowest BCUT2D eigenvalue weighted by atomic mass is 9.85. The second kappa shape index (κ2) is 6.82. The molecule has 3 nitrogen and oxygen atoms in total. The van der Waals surface area contributed by atoms with Crippen LogP contribution in [-0.4, -0.2) is 35.6 Å². The minimum absolute atomic E-state index is 0.117. The molecule has 0 radical (unpaired) electrons. The smallest absolute Gasteiger partial charge is 0.223 e. The fraction of sp³-hybridized carbons (Fsp3) is 0.632. The Kier molecular flexibility index (Phi) is 5.28. The zero-order valence-corrected chi connectivity index (χ0v) is 14.5. The van der Waals surface area contributed by atoms with Crippen LogP contribution in [0, 0.1) is 5.92 Å². The molecule has 2 rings (SSSR count). The number of hydrogen-bond donors (Lipinski definition) is 0. The number of amides is 1. The zero-order valence-electron chi connectivity index (χ0n) is 14.5. The van der Waals surface area contributed by atoms with Gasteiger partial charge in [-0.25, -0.2) is 0 Å². The number of carbonyl (C=O) groups is 1. The van der Waals surface area contributed by atoms with E-state index in [1.54, 1.807) is 0 Å². The molecule has 1 aliphatic heterocycles. The summed E-state index contributed by atoms with van der Waals surface area (Å²) in [7, 11) is 0. The zero-order chi connectivity index (χ0) is 16.3. The molecule has 0 aliphatic carbocycles. The first-order valence-electron chi connectivity index (χ1n) is 8.28. The molecule has 0 aromatic heterocycles. The van der Waals surface area contributed by atoms with E-state index in [2.05, 4.69) is 52.0 Å². The van der Waals surface area contributed by atoms with Crippen LogP contribution in [0.3, 0.4) is 0 Å². The molecule has 1 aromatic rings. The van der Waals surface area contributed by atoms with E-state index in [0.717, 1.165) is 0 Å².